The number of hydrogen-bond acceptors (Lipinski definition) is 3. The predicted octanol–water partition coefficient (Wildman–Crippen LogP) is 1.58. The number of hydrogen-bond donors (Lipinski definition) is 1. The summed E-state index contributed by atoms with van der Waals surface area (Å²) in [5.41, 5.74) is 1.40. The second kappa shape index (κ2) is 6.88. The normalized spacial score (nSPS) is 22.2. The molecule has 1 heterocycles. The van der Waals surface area contributed by atoms with Gasteiger partial charge in [-0.25, -0.2) is 0 Å². The molecule has 0 aromatic heterocycles. The average molecular weight is 248 g/mol. The van der Waals surface area contributed by atoms with Gasteiger partial charge in [-0.1, -0.05) is 30.3 Å². The third-order valence-corrected chi connectivity index (χ3v) is 3.71. The zero-order chi connectivity index (χ0) is 12.8. The minimum atomic E-state index is 0.304. The van der Waals surface area contributed by atoms with Crippen LogP contribution in [0.25, 0.3) is 0 Å². The summed E-state index contributed by atoms with van der Waals surface area (Å²) in [6.45, 7) is 8.05. The van der Waals surface area contributed by atoms with Crippen LogP contribution >= 0.6 is 0 Å². The Kier molecular flexibility index (Phi) is 5.17. The first-order valence-corrected chi connectivity index (χ1v) is 6.91. The van der Waals surface area contributed by atoms with E-state index in [9.17, 15) is 0 Å². The van der Waals surface area contributed by atoms with E-state index < -0.39 is 0 Å². The molecule has 3 heteroatoms. The molecule has 1 aliphatic rings. The number of aliphatic hydroxyl groups excluding tert-OH is 1. The highest BCUT2D eigenvalue weighted by atomic mass is 16.3. The van der Waals surface area contributed by atoms with Gasteiger partial charge in [-0.3, -0.25) is 4.90 Å². The highest BCUT2D eigenvalue weighted by Gasteiger charge is 2.22. The molecule has 1 saturated heterocycles. The van der Waals surface area contributed by atoms with Crippen molar-refractivity contribution in [2.75, 3.05) is 32.8 Å². The third-order valence-electron chi connectivity index (χ3n) is 3.71. The van der Waals surface area contributed by atoms with Crippen molar-refractivity contribution in [3.05, 3.63) is 35.9 Å². The van der Waals surface area contributed by atoms with Crippen LogP contribution in [0.2, 0.25) is 0 Å². The molecule has 1 atom stereocenters. The molecule has 1 aromatic rings. The molecule has 18 heavy (non-hydrogen) atoms. The van der Waals surface area contributed by atoms with E-state index >= 15 is 0 Å². The second-order valence-electron chi connectivity index (χ2n) is 5.18. The molecule has 1 unspecified atom stereocenters. The Bertz CT molecular complexity index is 342. The summed E-state index contributed by atoms with van der Waals surface area (Å²) in [6, 6.07) is 11.3. The molecule has 3 nitrogen and oxygen atoms in total. The van der Waals surface area contributed by atoms with Gasteiger partial charge in [-0.2, -0.15) is 0 Å². The van der Waals surface area contributed by atoms with Crippen molar-refractivity contribution in [2.24, 2.45) is 0 Å². The Morgan fingerprint density at radius 3 is 2.67 bits per heavy atom. The van der Waals surface area contributed by atoms with Gasteiger partial charge >= 0.3 is 0 Å². The quantitative estimate of drug-likeness (QED) is 0.857. The Morgan fingerprint density at radius 1 is 1.22 bits per heavy atom. The van der Waals surface area contributed by atoms with Crippen LogP contribution in [0.3, 0.4) is 0 Å². The average Bonchev–Trinajstić information content (AvgIpc) is 2.40. The fraction of sp³-hybridized carbons (Fsp3) is 0.600. The molecule has 1 aromatic carbocycles. The summed E-state index contributed by atoms with van der Waals surface area (Å²) in [7, 11) is 0. The summed E-state index contributed by atoms with van der Waals surface area (Å²) < 4.78 is 0. The largest absolute Gasteiger partial charge is 0.396 e. The van der Waals surface area contributed by atoms with Crippen LogP contribution in [0.5, 0.6) is 0 Å². The van der Waals surface area contributed by atoms with Gasteiger partial charge < -0.3 is 10.0 Å². The van der Waals surface area contributed by atoms with Crippen molar-refractivity contribution in [1.82, 2.24) is 9.80 Å². The molecular formula is C15H24N2O. The maximum atomic E-state index is 8.87. The molecule has 0 spiro atoms. The number of piperazine rings is 1. The van der Waals surface area contributed by atoms with Crippen molar-refractivity contribution in [2.45, 2.75) is 25.9 Å². The highest BCUT2D eigenvalue weighted by molar-refractivity contribution is 5.14. The smallest absolute Gasteiger partial charge is 0.0443 e. The molecule has 1 N–H and O–H groups in total. The molecule has 1 aliphatic heterocycles. The number of aliphatic hydroxyl groups is 1. The van der Waals surface area contributed by atoms with Crippen molar-refractivity contribution in [3.8, 4) is 0 Å². The van der Waals surface area contributed by atoms with E-state index in [2.05, 4.69) is 47.1 Å². The lowest BCUT2D eigenvalue weighted by Gasteiger charge is -2.40. The molecule has 0 amide bonds. The van der Waals surface area contributed by atoms with Gasteiger partial charge in [0.15, 0.2) is 0 Å². The molecule has 0 saturated carbocycles. The maximum absolute atomic E-state index is 8.87. The first-order chi connectivity index (χ1) is 8.79. The Balaban J connectivity index is 1.82. The number of nitrogens with zero attached hydrogens (tertiary/aromatic N) is 2. The first kappa shape index (κ1) is 13.5. The first-order valence-electron chi connectivity index (χ1n) is 6.91. The van der Waals surface area contributed by atoms with Gasteiger partial charge in [0.1, 0.15) is 0 Å². The van der Waals surface area contributed by atoms with Gasteiger partial charge in [-0.15, -0.1) is 0 Å². The van der Waals surface area contributed by atoms with Crippen molar-refractivity contribution >= 4 is 0 Å². The molecule has 0 bridgehead atoms. The predicted molar refractivity (Wildman–Crippen MR) is 74.5 cm³/mol. The standard InChI is InChI=1S/C15H24N2O/c1-14-12-16(8-5-11-18)9-10-17(14)13-15-6-3-2-4-7-15/h2-4,6-7,14,18H,5,8-13H2,1H3. The van der Waals surface area contributed by atoms with Gasteiger partial charge in [0.25, 0.3) is 0 Å². The van der Waals surface area contributed by atoms with E-state index in [0.717, 1.165) is 39.1 Å². The lowest BCUT2D eigenvalue weighted by atomic mass is 10.1. The summed E-state index contributed by atoms with van der Waals surface area (Å²) in [6.07, 6.45) is 0.894. The Hall–Kier alpha value is -0.900. The summed E-state index contributed by atoms with van der Waals surface area (Å²) >= 11 is 0. The minimum absolute atomic E-state index is 0.304. The summed E-state index contributed by atoms with van der Waals surface area (Å²) in [5, 5.41) is 8.87. The van der Waals surface area contributed by atoms with E-state index in [1.807, 2.05) is 0 Å². The minimum Gasteiger partial charge on any atom is -0.396 e. The van der Waals surface area contributed by atoms with Crippen LogP contribution in [0.1, 0.15) is 18.9 Å². The van der Waals surface area contributed by atoms with E-state index in [1.54, 1.807) is 0 Å². The highest BCUT2D eigenvalue weighted by Crippen LogP contribution is 2.13. The van der Waals surface area contributed by atoms with Crippen LogP contribution in [-0.4, -0.2) is 53.7 Å². The van der Waals surface area contributed by atoms with Crippen molar-refractivity contribution in [1.29, 1.82) is 0 Å². The molecule has 2 rings (SSSR count). The summed E-state index contributed by atoms with van der Waals surface area (Å²) in [4.78, 5) is 5.01. The fourth-order valence-corrected chi connectivity index (χ4v) is 2.62. The number of rotatable bonds is 5. The van der Waals surface area contributed by atoms with Gasteiger partial charge in [0.05, 0.1) is 0 Å². The third kappa shape index (κ3) is 3.80. The Morgan fingerprint density at radius 2 is 2.00 bits per heavy atom. The maximum Gasteiger partial charge on any atom is 0.0443 e. The molecule has 100 valence electrons. The van der Waals surface area contributed by atoms with Crippen LogP contribution in [-0.2, 0) is 6.54 Å². The lowest BCUT2D eigenvalue weighted by Crippen LogP contribution is -2.51. The fourth-order valence-electron chi connectivity index (χ4n) is 2.62. The van der Waals surface area contributed by atoms with E-state index in [-0.39, 0.29) is 0 Å². The van der Waals surface area contributed by atoms with Crippen LogP contribution < -0.4 is 0 Å². The van der Waals surface area contributed by atoms with Crippen molar-refractivity contribution < 1.29 is 5.11 Å². The molecule has 0 aliphatic carbocycles. The van der Waals surface area contributed by atoms with Crippen LogP contribution in [0.4, 0.5) is 0 Å². The van der Waals surface area contributed by atoms with E-state index in [1.165, 1.54) is 5.56 Å². The second-order valence-corrected chi connectivity index (χ2v) is 5.18. The molecular weight excluding hydrogens is 224 g/mol. The number of benzene rings is 1. The van der Waals surface area contributed by atoms with Gasteiger partial charge in [0, 0.05) is 45.4 Å². The SMILES string of the molecule is CC1CN(CCCO)CCN1Cc1ccccc1. The van der Waals surface area contributed by atoms with E-state index in [0.29, 0.717) is 12.6 Å². The van der Waals surface area contributed by atoms with Crippen molar-refractivity contribution in [3.63, 3.8) is 0 Å². The van der Waals surface area contributed by atoms with E-state index in [4.69, 9.17) is 5.11 Å². The Labute approximate surface area is 110 Å². The van der Waals surface area contributed by atoms with Crippen LogP contribution in [0, 0.1) is 0 Å². The van der Waals surface area contributed by atoms with Gasteiger partial charge in [-0.05, 0) is 18.9 Å². The summed E-state index contributed by atoms with van der Waals surface area (Å²) in [5.74, 6) is 0. The molecule has 0 radical (unpaired) electrons. The zero-order valence-electron chi connectivity index (χ0n) is 11.3. The monoisotopic (exact) mass is 248 g/mol. The molecule has 1 fully saturated rings. The zero-order valence-corrected chi connectivity index (χ0v) is 11.3. The van der Waals surface area contributed by atoms with Crippen LogP contribution in [0.15, 0.2) is 30.3 Å². The lowest BCUT2D eigenvalue weighted by molar-refractivity contribution is 0.0736. The topological polar surface area (TPSA) is 26.7 Å². The van der Waals surface area contributed by atoms with Gasteiger partial charge in [0.2, 0.25) is 0 Å².